The number of ether oxygens (including phenoxy) is 2. The Balaban J connectivity index is 1.54. The van der Waals surface area contributed by atoms with E-state index in [9.17, 15) is 0 Å². The molecule has 3 rings (SSSR count). The highest BCUT2D eigenvalue weighted by atomic mass is 16.5. The first-order valence-electron chi connectivity index (χ1n) is 10.4. The van der Waals surface area contributed by atoms with E-state index in [0.29, 0.717) is 18.6 Å². The number of rotatable bonds is 7. The van der Waals surface area contributed by atoms with Gasteiger partial charge in [0.2, 0.25) is 5.88 Å². The molecule has 1 aromatic rings. The minimum Gasteiger partial charge on any atom is -0.474 e. The number of nitrogens with one attached hydrogen (secondary N) is 1. The van der Waals surface area contributed by atoms with Gasteiger partial charge in [-0.1, -0.05) is 12.5 Å². The van der Waals surface area contributed by atoms with E-state index < -0.39 is 0 Å². The molecule has 0 amide bonds. The van der Waals surface area contributed by atoms with Crippen LogP contribution in [0.25, 0.3) is 0 Å². The average molecular weight is 375 g/mol. The van der Waals surface area contributed by atoms with Crippen LogP contribution in [0.1, 0.15) is 51.0 Å². The van der Waals surface area contributed by atoms with E-state index in [0.717, 1.165) is 62.9 Å². The molecule has 0 spiro atoms. The zero-order valence-corrected chi connectivity index (χ0v) is 16.8. The maximum Gasteiger partial charge on any atom is 0.213 e. The first kappa shape index (κ1) is 19.9. The molecule has 1 aliphatic heterocycles. The van der Waals surface area contributed by atoms with Crippen LogP contribution in [-0.4, -0.2) is 55.3 Å². The van der Waals surface area contributed by atoms with Crippen molar-refractivity contribution in [1.29, 1.82) is 0 Å². The predicted octanol–water partition coefficient (Wildman–Crippen LogP) is 3.23. The standard InChI is InChI=1S/C21H34N4O2/c1-3-22-21(25-12-11-18(15-25)16-26-2)24-14-17-9-10-20(23-13-17)27-19-7-5-4-6-8-19/h9-10,13,18-19H,3-8,11-12,14-16H2,1-2H3,(H,22,24). The van der Waals surface area contributed by atoms with Crippen molar-refractivity contribution < 1.29 is 9.47 Å². The van der Waals surface area contributed by atoms with Gasteiger partial charge in [-0.2, -0.15) is 0 Å². The second kappa shape index (κ2) is 10.5. The number of aromatic nitrogens is 1. The number of aliphatic imine (C=N–C) groups is 1. The largest absolute Gasteiger partial charge is 0.474 e. The Bertz CT molecular complexity index is 584. The Kier molecular flexibility index (Phi) is 7.75. The number of guanidine groups is 1. The molecule has 1 N–H and O–H groups in total. The molecular weight excluding hydrogens is 340 g/mol. The van der Waals surface area contributed by atoms with Crippen LogP contribution in [0.2, 0.25) is 0 Å². The van der Waals surface area contributed by atoms with Gasteiger partial charge in [0.15, 0.2) is 5.96 Å². The molecule has 6 nitrogen and oxygen atoms in total. The van der Waals surface area contributed by atoms with Crippen molar-refractivity contribution >= 4 is 5.96 Å². The first-order chi connectivity index (χ1) is 13.3. The van der Waals surface area contributed by atoms with Crippen LogP contribution in [0.5, 0.6) is 5.88 Å². The number of likely N-dealkylation sites (tertiary alicyclic amines) is 1. The number of pyridine rings is 1. The van der Waals surface area contributed by atoms with E-state index in [1.807, 2.05) is 12.3 Å². The van der Waals surface area contributed by atoms with Gasteiger partial charge < -0.3 is 19.7 Å². The SMILES string of the molecule is CCNC(=NCc1ccc(OC2CCCCC2)nc1)N1CCC(COC)C1. The molecule has 2 fully saturated rings. The molecule has 1 saturated heterocycles. The molecule has 2 aliphatic rings. The van der Waals surface area contributed by atoms with Gasteiger partial charge in [-0.15, -0.1) is 0 Å². The third-order valence-electron chi connectivity index (χ3n) is 5.37. The van der Waals surface area contributed by atoms with E-state index in [2.05, 4.69) is 28.2 Å². The van der Waals surface area contributed by atoms with Crippen molar-refractivity contribution in [3.05, 3.63) is 23.9 Å². The lowest BCUT2D eigenvalue weighted by Crippen LogP contribution is -2.40. The van der Waals surface area contributed by atoms with E-state index in [1.165, 1.54) is 19.3 Å². The van der Waals surface area contributed by atoms with E-state index in [1.54, 1.807) is 7.11 Å². The maximum absolute atomic E-state index is 6.01. The molecule has 1 atom stereocenters. The van der Waals surface area contributed by atoms with Crippen LogP contribution in [0.15, 0.2) is 23.3 Å². The summed E-state index contributed by atoms with van der Waals surface area (Å²) in [7, 11) is 1.77. The summed E-state index contributed by atoms with van der Waals surface area (Å²) in [5.41, 5.74) is 1.11. The average Bonchev–Trinajstić information content (AvgIpc) is 3.16. The molecule has 1 unspecified atom stereocenters. The number of hydrogen-bond donors (Lipinski definition) is 1. The summed E-state index contributed by atoms with van der Waals surface area (Å²) in [5.74, 6) is 2.32. The van der Waals surface area contributed by atoms with Crippen molar-refractivity contribution in [2.24, 2.45) is 10.9 Å². The van der Waals surface area contributed by atoms with E-state index in [-0.39, 0.29) is 0 Å². The van der Waals surface area contributed by atoms with Gasteiger partial charge >= 0.3 is 0 Å². The molecule has 0 radical (unpaired) electrons. The fraction of sp³-hybridized carbons (Fsp3) is 0.714. The van der Waals surface area contributed by atoms with Crippen LogP contribution < -0.4 is 10.1 Å². The Morgan fingerprint density at radius 2 is 2.11 bits per heavy atom. The van der Waals surface area contributed by atoms with Crippen LogP contribution in [0.4, 0.5) is 0 Å². The Morgan fingerprint density at radius 1 is 1.26 bits per heavy atom. The molecule has 27 heavy (non-hydrogen) atoms. The molecule has 1 saturated carbocycles. The smallest absolute Gasteiger partial charge is 0.213 e. The molecular formula is C21H34N4O2. The summed E-state index contributed by atoms with van der Waals surface area (Å²) in [6.45, 7) is 6.47. The van der Waals surface area contributed by atoms with Crippen molar-refractivity contribution in [1.82, 2.24) is 15.2 Å². The van der Waals surface area contributed by atoms with Crippen LogP contribution in [0, 0.1) is 5.92 Å². The molecule has 0 bridgehead atoms. The molecule has 150 valence electrons. The van der Waals surface area contributed by atoms with Crippen LogP contribution >= 0.6 is 0 Å². The van der Waals surface area contributed by atoms with Gasteiger partial charge in [-0.05, 0) is 44.6 Å². The third kappa shape index (κ3) is 6.09. The summed E-state index contributed by atoms with van der Waals surface area (Å²) in [6, 6.07) is 4.06. The lowest BCUT2D eigenvalue weighted by Gasteiger charge is -2.22. The number of nitrogens with zero attached hydrogens (tertiary/aromatic N) is 3. The topological polar surface area (TPSA) is 59.0 Å². The third-order valence-corrected chi connectivity index (χ3v) is 5.37. The summed E-state index contributed by atoms with van der Waals surface area (Å²) < 4.78 is 11.3. The lowest BCUT2D eigenvalue weighted by atomic mass is 9.98. The van der Waals surface area contributed by atoms with Crippen LogP contribution in [-0.2, 0) is 11.3 Å². The lowest BCUT2D eigenvalue weighted by molar-refractivity contribution is 0.148. The molecule has 0 aromatic carbocycles. The second-order valence-corrected chi connectivity index (χ2v) is 7.61. The fourth-order valence-corrected chi connectivity index (χ4v) is 3.92. The summed E-state index contributed by atoms with van der Waals surface area (Å²) in [6.07, 6.45) is 9.57. The highest BCUT2D eigenvalue weighted by Gasteiger charge is 2.24. The van der Waals surface area contributed by atoms with Crippen molar-refractivity contribution in [3.63, 3.8) is 0 Å². The van der Waals surface area contributed by atoms with E-state index in [4.69, 9.17) is 14.5 Å². The van der Waals surface area contributed by atoms with Gasteiger partial charge in [0.1, 0.15) is 6.10 Å². The molecule has 2 heterocycles. The van der Waals surface area contributed by atoms with E-state index >= 15 is 0 Å². The fourth-order valence-electron chi connectivity index (χ4n) is 3.92. The summed E-state index contributed by atoms with van der Waals surface area (Å²) in [5, 5.41) is 3.41. The van der Waals surface area contributed by atoms with Gasteiger partial charge in [0, 0.05) is 44.9 Å². The second-order valence-electron chi connectivity index (χ2n) is 7.61. The van der Waals surface area contributed by atoms with Crippen molar-refractivity contribution in [2.45, 2.75) is 58.1 Å². The Hall–Kier alpha value is -1.82. The van der Waals surface area contributed by atoms with Gasteiger partial charge in [-0.25, -0.2) is 9.98 Å². The predicted molar refractivity (Wildman–Crippen MR) is 108 cm³/mol. The van der Waals surface area contributed by atoms with Gasteiger partial charge in [0.05, 0.1) is 13.2 Å². The maximum atomic E-state index is 6.01. The summed E-state index contributed by atoms with van der Waals surface area (Å²) >= 11 is 0. The van der Waals surface area contributed by atoms with Crippen molar-refractivity contribution in [2.75, 3.05) is 33.4 Å². The van der Waals surface area contributed by atoms with Crippen molar-refractivity contribution in [3.8, 4) is 5.88 Å². The highest BCUT2D eigenvalue weighted by molar-refractivity contribution is 5.80. The molecule has 6 heteroatoms. The number of hydrogen-bond acceptors (Lipinski definition) is 4. The summed E-state index contributed by atoms with van der Waals surface area (Å²) in [4.78, 5) is 11.6. The molecule has 1 aliphatic carbocycles. The minimum absolute atomic E-state index is 0.339. The zero-order chi connectivity index (χ0) is 18.9. The first-order valence-corrected chi connectivity index (χ1v) is 10.4. The molecule has 1 aromatic heterocycles. The quantitative estimate of drug-likeness (QED) is 0.587. The van der Waals surface area contributed by atoms with Gasteiger partial charge in [0.25, 0.3) is 0 Å². The zero-order valence-electron chi connectivity index (χ0n) is 16.8. The Morgan fingerprint density at radius 3 is 2.81 bits per heavy atom. The monoisotopic (exact) mass is 374 g/mol. The van der Waals surface area contributed by atoms with Gasteiger partial charge in [-0.3, -0.25) is 0 Å². The van der Waals surface area contributed by atoms with Crippen LogP contribution in [0.3, 0.4) is 0 Å². The normalized spacial score (nSPS) is 21.5. The minimum atomic E-state index is 0.339. The Labute approximate surface area is 163 Å². The number of methoxy groups -OCH3 is 1. The highest BCUT2D eigenvalue weighted by Crippen LogP contribution is 2.22.